The molecule has 164 valence electrons. The Labute approximate surface area is 189 Å². The normalized spacial score (nSPS) is 12.4. The second-order valence-electron chi connectivity index (χ2n) is 6.96. The molecule has 0 radical (unpaired) electrons. The largest absolute Gasteiger partial charge is 0.333 e. The first-order valence-electron chi connectivity index (χ1n) is 9.65. The number of aromatic nitrogens is 4. The molecule has 11 heteroatoms. The Hall–Kier alpha value is -3.44. The fourth-order valence-electron chi connectivity index (χ4n) is 2.84. The number of fused-ring (bicyclic) bond motifs is 1. The maximum Gasteiger partial charge on any atom is 0.264 e. The van der Waals surface area contributed by atoms with Crippen LogP contribution < -0.4 is 10.0 Å². The third-order valence-corrected chi connectivity index (χ3v) is 6.81. The van der Waals surface area contributed by atoms with E-state index in [9.17, 15) is 13.2 Å². The molecular weight excluding hydrogens is 448 g/mol. The zero-order chi connectivity index (χ0) is 22.7. The highest BCUT2D eigenvalue weighted by Crippen LogP contribution is 2.24. The summed E-state index contributed by atoms with van der Waals surface area (Å²) in [6.45, 7) is 3.52. The smallest absolute Gasteiger partial charge is 0.264 e. The number of nitrogens with zero attached hydrogens (tertiary/aromatic N) is 3. The second-order valence-corrected chi connectivity index (χ2v) is 9.97. The number of carbonyl (C=O) groups is 1. The fourth-order valence-corrected chi connectivity index (χ4v) is 4.62. The molecular formula is C21H20N6O3S2. The van der Waals surface area contributed by atoms with Crippen molar-refractivity contribution in [3.8, 4) is 0 Å². The summed E-state index contributed by atoms with van der Waals surface area (Å²) < 4.78 is 27.4. The van der Waals surface area contributed by atoms with Gasteiger partial charge in [-0.3, -0.25) is 4.79 Å². The number of rotatable bonds is 7. The molecule has 1 unspecified atom stereocenters. The lowest BCUT2D eigenvalue weighted by Gasteiger charge is -2.11. The first-order chi connectivity index (χ1) is 15.3. The predicted octanol–water partition coefficient (Wildman–Crippen LogP) is 3.58. The Morgan fingerprint density at radius 2 is 1.81 bits per heavy atom. The molecule has 32 heavy (non-hydrogen) atoms. The van der Waals surface area contributed by atoms with Crippen LogP contribution in [0.4, 0.5) is 11.6 Å². The molecule has 0 aliphatic rings. The molecule has 1 atom stereocenters. The predicted molar refractivity (Wildman–Crippen MR) is 124 cm³/mol. The first kappa shape index (κ1) is 21.8. The minimum atomic E-state index is -3.85. The van der Waals surface area contributed by atoms with E-state index in [1.165, 1.54) is 42.2 Å². The number of aryl methyl sites for hydroxylation is 1. The Balaban J connectivity index is 1.39. The number of hydrogen-bond acceptors (Lipinski definition) is 7. The van der Waals surface area contributed by atoms with E-state index in [1.54, 1.807) is 19.9 Å². The summed E-state index contributed by atoms with van der Waals surface area (Å²) in [5, 5.41) is 3.03. The average Bonchev–Trinajstić information content (AvgIpc) is 3.16. The van der Waals surface area contributed by atoms with Gasteiger partial charge in [-0.1, -0.05) is 23.9 Å². The van der Waals surface area contributed by atoms with E-state index in [-0.39, 0.29) is 16.8 Å². The van der Waals surface area contributed by atoms with Crippen molar-refractivity contribution in [2.75, 3.05) is 10.0 Å². The summed E-state index contributed by atoms with van der Waals surface area (Å²) in [4.78, 5) is 28.2. The summed E-state index contributed by atoms with van der Waals surface area (Å²) in [5.41, 5.74) is 2.87. The zero-order valence-electron chi connectivity index (χ0n) is 17.2. The van der Waals surface area contributed by atoms with Gasteiger partial charge in [0.15, 0.2) is 5.16 Å². The molecule has 0 aliphatic carbocycles. The number of para-hydroxylation sites is 2. The molecule has 0 spiro atoms. The van der Waals surface area contributed by atoms with Crippen molar-refractivity contribution in [3.63, 3.8) is 0 Å². The van der Waals surface area contributed by atoms with Crippen LogP contribution in [0, 0.1) is 6.92 Å². The van der Waals surface area contributed by atoms with Crippen LogP contribution in [0.15, 0.2) is 70.8 Å². The summed E-state index contributed by atoms with van der Waals surface area (Å²) in [6.07, 6.45) is 1.48. The van der Waals surface area contributed by atoms with Gasteiger partial charge in [0.05, 0.1) is 21.2 Å². The van der Waals surface area contributed by atoms with Gasteiger partial charge >= 0.3 is 0 Å². The minimum Gasteiger partial charge on any atom is -0.333 e. The maximum absolute atomic E-state index is 12.6. The number of hydrogen-bond donors (Lipinski definition) is 3. The van der Waals surface area contributed by atoms with Crippen LogP contribution >= 0.6 is 11.8 Å². The summed E-state index contributed by atoms with van der Waals surface area (Å²) in [7, 11) is -3.85. The number of nitrogens with one attached hydrogen (secondary N) is 3. The average molecular weight is 469 g/mol. The SMILES string of the molecule is Cc1ccnc(NS(=O)(=O)c2ccc(NC(=O)C(C)Sc3nc4ccccc4[nH]3)cc2)n1. The Bertz CT molecular complexity index is 1340. The number of sulfonamides is 1. The van der Waals surface area contributed by atoms with Gasteiger partial charge < -0.3 is 10.3 Å². The maximum atomic E-state index is 12.6. The number of imidazole rings is 1. The van der Waals surface area contributed by atoms with E-state index in [0.29, 0.717) is 16.5 Å². The fraction of sp³-hybridized carbons (Fsp3) is 0.143. The molecule has 2 aromatic carbocycles. The monoisotopic (exact) mass is 468 g/mol. The number of thioether (sulfide) groups is 1. The first-order valence-corrected chi connectivity index (χ1v) is 12.0. The summed E-state index contributed by atoms with van der Waals surface area (Å²) in [6, 6.07) is 15.2. The second kappa shape index (κ2) is 8.97. The van der Waals surface area contributed by atoms with Crippen molar-refractivity contribution in [2.24, 2.45) is 0 Å². The molecule has 0 aliphatic heterocycles. The van der Waals surface area contributed by atoms with E-state index >= 15 is 0 Å². The number of carbonyl (C=O) groups excluding carboxylic acids is 1. The highest BCUT2D eigenvalue weighted by molar-refractivity contribution is 8.00. The van der Waals surface area contributed by atoms with Gasteiger partial charge in [0.25, 0.3) is 10.0 Å². The molecule has 1 amide bonds. The third kappa shape index (κ3) is 5.06. The van der Waals surface area contributed by atoms with Gasteiger partial charge in [-0.2, -0.15) is 0 Å². The number of anilines is 2. The zero-order valence-corrected chi connectivity index (χ0v) is 18.9. The van der Waals surface area contributed by atoms with Crippen molar-refractivity contribution in [1.82, 2.24) is 19.9 Å². The molecule has 4 rings (SSSR count). The van der Waals surface area contributed by atoms with Gasteiger partial charge in [-0.25, -0.2) is 28.1 Å². The number of benzene rings is 2. The van der Waals surface area contributed by atoms with Crippen LogP contribution in [0.25, 0.3) is 11.0 Å². The molecule has 2 aromatic heterocycles. The van der Waals surface area contributed by atoms with Crippen LogP contribution in [0.5, 0.6) is 0 Å². The Morgan fingerprint density at radius 1 is 1.06 bits per heavy atom. The lowest BCUT2D eigenvalue weighted by Crippen LogP contribution is -2.22. The van der Waals surface area contributed by atoms with Crippen molar-refractivity contribution in [1.29, 1.82) is 0 Å². The summed E-state index contributed by atoms with van der Waals surface area (Å²) >= 11 is 1.31. The Morgan fingerprint density at radius 3 is 2.53 bits per heavy atom. The van der Waals surface area contributed by atoms with Crippen LogP contribution in [-0.4, -0.2) is 39.5 Å². The van der Waals surface area contributed by atoms with Crippen LogP contribution in [-0.2, 0) is 14.8 Å². The van der Waals surface area contributed by atoms with Crippen LogP contribution in [0.3, 0.4) is 0 Å². The molecule has 0 saturated heterocycles. The molecule has 0 fully saturated rings. The van der Waals surface area contributed by atoms with Crippen molar-refractivity contribution in [3.05, 3.63) is 66.5 Å². The lowest BCUT2D eigenvalue weighted by molar-refractivity contribution is -0.115. The summed E-state index contributed by atoms with van der Waals surface area (Å²) in [5.74, 6) is -0.226. The van der Waals surface area contributed by atoms with Crippen LogP contribution in [0.1, 0.15) is 12.6 Å². The Kier molecular flexibility index (Phi) is 6.10. The lowest BCUT2D eigenvalue weighted by atomic mass is 10.3. The quantitative estimate of drug-likeness (QED) is 0.353. The van der Waals surface area contributed by atoms with Crippen molar-refractivity contribution in [2.45, 2.75) is 29.1 Å². The highest BCUT2D eigenvalue weighted by atomic mass is 32.2. The van der Waals surface area contributed by atoms with E-state index in [4.69, 9.17) is 0 Å². The van der Waals surface area contributed by atoms with E-state index in [2.05, 4.69) is 30.0 Å². The molecule has 0 saturated carbocycles. The van der Waals surface area contributed by atoms with Gasteiger partial charge in [0.2, 0.25) is 11.9 Å². The van der Waals surface area contributed by atoms with Gasteiger partial charge in [0, 0.05) is 17.6 Å². The van der Waals surface area contributed by atoms with Crippen molar-refractivity contribution >= 4 is 50.4 Å². The molecule has 9 nitrogen and oxygen atoms in total. The molecule has 2 heterocycles. The topological polar surface area (TPSA) is 130 Å². The van der Waals surface area contributed by atoms with Gasteiger partial charge in [0.1, 0.15) is 0 Å². The number of amides is 1. The third-order valence-electron chi connectivity index (χ3n) is 4.48. The van der Waals surface area contributed by atoms with Crippen LogP contribution in [0.2, 0.25) is 0 Å². The number of aromatic amines is 1. The van der Waals surface area contributed by atoms with E-state index in [0.717, 1.165) is 11.0 Å². The van der Waals surface area contributed by atoms with Gasteiger partial charge in [-0.05, 0) is 56.3 Å². The highest BCUT2D eigenvalue weighted by Gasteiger charge is 2.19. The van der Waals surface area contributed by atoms with Crippen molar-refractivity contribution < 1.29 is 13.2 Å². The van der Waals surface area contributed by atoms with E-state index < -0.39 is 15.3 Å². The van der Waals surface area contributed by atoms with Gasteiger partial charge in [-0.15, -0.1) is 0 Å². The minimum absolute atomic E-state index is 0.00110. The standard InChI is InChI=1S/C21H20N6O3S2/c1-13-11-12-22-20(23-13)27-32(29,30)16-9-7-15(8-10-16)24-19(28)14(2)31-21-25-17-5-3-4-6-18(17)26-21/h3-12,14H,1-2H3,(H,24,28)(H,25,26)(H,22,23,27). The molecule has 4 aromatic rings. The molecule has 3 N–H and O–H groups in total. The molecule has 0 bridgehead atoms. The number of H-pyrrole nitrogens is 1. The van der Waals surface area contributed by atoms with E-state index in [1.807, 2.05) is 24.3 Å².